The van der Waals surface area contributed by atoms with Crippen molar-refractivity contribution >= 4 is 0 Å². The average molecular weight is 611 g/mol. The van der Waals surface area contributed by atoms with Gasteiger partial charge in [-0.15, -0.1) is 0 Å². The van der Waals surface area contributed by atoms with Crippen LogP contribution in [0.1, 0.15) is 85.5 Å². The molecule has 7 aliphatic rings. The molecule has 0 aromatic carbocycles. The van der Waals surface area contributed by atoms with Crippen LogP contribution in [-0.2, 0) is 18.9 Å². The molecule has 0 bridgehead atoms. The van der Waals surface area contributed by atoms with Gasteiger partial charge in [0.2, 0.25) is 0 Å². The van der Waals surface area contributed by atoms with Crippen molar-refractivity contribution in [3.63, 3.8) is 0 Å². The van der Waals surface area contributed by atoms with Crippen LogP contribution in [0.4, 0.5) is 0 Å². The lowest BCUT2D eigenvalue weighted by molar-refractivity contribution is -0.320. The van der Waals surface area contributed by atoms with Crippen molar-refractivity contribution in [3.05, 3.63) is 0 Å². The van der Waals surface area contributed by atoms with E-state index in [1.165, 1.54) is 0 Å². The Bertz CT molecular complexity index is 1040. The summed E-state index contributed by atoms with van der Waals surface area (Å²) in [6, 6.07) is 0. The number of aliphatic hydroxyl groups is 6. The summed E-state index contributed by atoms with van der Waals surface area (Å²) in [6.45, 7) is 8.76. The Morgan fingerprint density at radius 2 is 1.63 bits per heavy atom. The zero-order valence-electron chi connectivity index (χ0n) is 26.2. The summed E-state index contributed by atoms with van der Waals surface area (Å²) in [5.41, 5.74) is -0.858. The van der Waals surface area contributed by atoms with E-state index in [9.17, 15) is 30.6 Å². The summed E-state index contributed by atoms with van der Waals surface area (Å²) in [7, 11) is 0. The van der Waals surface area contributed by atoms with Crippen molar-refractivity contribution in [2.24, 2.45) is 46.3 Å². The van der Waals surface area contributed by atoms with Crippen molar-refractivity contribution in [3.8, 4) is 0 Å². The van der Waals surface area contributed by atoms with E-state index in [0.29, 0.717) is 43.1 Å². The van der Waals surface area contributed by atoms with Crippen molar-refractivity contribution in [2.45, 2.75) is 146 Å². The molecule has 43 heavy (non-hydrogen) atoms. The molecule has 0 aromatic rings. The zero-order valence-corrected chi connectivity index (χ0v) is 26.2. The van der Waals surface area contributed by atoms with Gasteiger partial charge in [0.15, 0.2) is 12.1 Å². The molecule has 3 saturated heterocycles. The second kappa shape index (κ2) is 10.6. The predicted octanol–water partition coefficient (Wildman–Crippen LogP) is 1.70. The Hall–Kier alpha value is -0.400. The normalized spacial score (nSPS) is 61.5. The molecular formula is C33H54O10. The molecule has 0 amide bonds. The molecule has 6 N–H and O–H groups in total. The first-order chi connectivity index (χ1) is 20.2. The quantitative estimate of drug-likeness (QED) is 0.260. The topological polar surface area (TPSA) is 158 Å². The molecule has 4 saturated carbocycles. The maximum atomic E-state index is 11.8. The van der Waals surface area contributed by atoms with E-state index in [-0.39, 0.29) is 34.9 Å². The number of aliphatic hydroxyl groups excluding tert-OH is 5. The largest absolute Gasteiger partial charge is 0.394 e. The monoisotopic (exact) mass is 610 g/mol. The van der Waals surface area contributed by atoms with Gasteiger partial charge in [0.1, 0.15) is 24.4 Å². The van der Waals surface area contributed by atoms with Gasteiger partial charge in [0, 0.05) is 18.8 Å². The third-order valence-electron chi connectivity index (χ3n) is 14.2. The van der Waals surface area contributed by atoms with Crippen LogP contribution in [0.2, 0.25) is 0 Å². The molecule has 18 atom stereocenters. The molecule has 4 aliphatic carbocycles. The lowest BCUT2D eigenvalue weighted by Gasteiger charge is -2.62. The van der Waals surface area contributed by atoms with Gasteiger partial charge in [-0.3, -0.25) is 0 Å². The Kier molecular flexibility index (Phi) is 7.66. The van der Waals surface area contributed by atoms with Crippen LogP contribution in [0.15, 0.2) is 0 Å². The van der Waals surface area contributed by atoms with Crippen LogP contribution in [-0.4, -0.2) is 104 Å². The highest BCUT2D eigenvalue weighted by Crippen LogP contribution is 2.71. The second-order valence-electron chi connectivity index (χ2n) is 16.3. The van der Waals surface area contributed by atoms with Crippen LogP contribution in [0, 0.1) is 46.3 Å². The van der Waals surface area contributed by atoms with Gasteiger partial charge in [0.05, 0.1) is 37.1 Å². The Morgan fingerprint density at radius 1 is 0.860 bits per heavy atom. The van der Waals surface area contributed by atoms with E-state index in [2.05, 4.69) is 20.8 Å². The summed E-state index contributed by atoms with van der Waals surface area (Å²) in [4.78, 5) is 0. The van der Waals surface area contributed by atoms with Gasteiger partial charge >= 0.3 is 0 Å². The molecule has 246 valence electrons. The van der Waals surface area contributed by atoms with Crippen molar-refractivity contribution in [1.29, 1.82) is 0 Å². The molecule has 3 heterocycles. The van der Waals surface area contributed by atoms with Crippen LogP contribution >= 0.6 is 0 Å². The Morgan fingerprint density at radius 3 is 2.33 bits per heavy atom. The molecular weight excluding hydrogens is 556 g/mol. The fourth-order valence-corrected chi connectivity index (χ4v) is 11.8. The third-order valence-corrected chi connectivity index (χ3v) is 14.2. The van der Waals surface area contributed by atoms with Crippen molar-refractivity contribution in [1.82, 2.24) is 0 Å². The van der Waals surface area contributed by atoms with E-state index in [1.54, 1.807) is 0 Å². The maximum Gasteiger partial charge on any atom is 0.186 e. The first kappa shape index (κ1) is 31.2. The zero-order chi connectivity index (χ0) is 30.7. The van der Waals surface area contributed by atoms with E-state index in [1.807, 2.05) is 6.92 Å². The number of ether oxygens (including phenoxy) is 4. The predicted molar refractivity (Wildman–Crippen MR) is 153 cm³/mol. The number of fused-ring (bicyclic) bond motifs is 7. The standard InChI is InChI=1S/C33H54O10/c1-16-25-22(43-33(16)10-9-30(2,39)15-40-33)13-21-19-6-5-17-11-18(41-29-28(38)27(37)26(36)23(14-34)42-29)12-24(35)32(17,4)20(19)7-8-31(21,25)3/h16-29,34-39H,5-15H2,1-4H3. The first-order valence-electron chi connectivity index (χ1n) is 16.9. The minimum atomic E-state index is -1.48. The minimum absolute atomic E-state index is 0.162. The summed E-state index contributed by atoms with van der Waals surface area (Å²) >= 11 is 0. The molecule has 0 radical (unpaired) electrons. The van der Waals surface area contributed by atoms with Gasteiger partial charge in [-0.25, -0.2) is 0 Å². The molecule has 1 spiro atoms. The van der Waals surface area contributed by atoms with E-state index in [0.717, 1.165) is 44.9 Å². The SMILES string of the molecule is CC1C2C(CC3C4CCC5CC(OC6OC(CO)C(O)C(O)C6O)CC(O)C5(C)C4CCC32C)OC12CCC(C)(O)CO2. The summed E-state index contributed by atoms with van der Waals surface area (Å²) in [6.07, 6.45) is 0.658. The maximum absolute atomic E-state index is 11.8. The minimum Gasteiger partial charge on any atom is -0.394 e. The lowest BCUT2D eigenvalue weighted by atomic mass is 9.43. The van der Waals surface area contributed by atoms with Crippen molar-refractivity contribution < 1.29 is 49.6 Å². The smallest absolute Gasteiger partial charge is 0.186 e. The second-order valence-corrected chi connectivity index (χ2v) is 16.3. The lowest BCUT2D eigenvalue weighted by Crippen LogP contribution is -2.62. The average Bonchev–Trinajstić information content (AvgIpc) is 3.41. The molecule has 0 aromatic heterocycles. The van der Waals surface area contributed by atoms with Gasteiger partial charge < -0.3 is 49.6 Å². The fraction of sp³-hybridized carbons (Fsp3) is 1.00. The highest BCUT2D eigenvalue weighted by molar-refractivity contribution is 5.16. The van der Waals surface area contributed by atoms with E-state index in [4.69, 9.17) is 18.9 Å². The molecule has 10 heteroatoms. The van der Waals surface area contributed by atoms with Crippen LogP contribution < -0.4 is 0 Å². The van der Waals surface area contributed by atoms with Gasteiger partial charge in [-0.1, -0.05) is 20.8 Å². The Balaban J connectivity index is 1.05. The molecule has 3 aliphatic heterocycles. The van der Waals surface area contributed by atoms with Crippen molar-refractivity contribution in [2.75, 3.05) is 13.2 Å². The highest BCUT2D eigenvalue weighted by atomic mass is 16.7. The van der Waals surface area contributed by atoms with Gasteiger partial charge in [0.25, 0.3) is 0 Å². The third kappa shape index (κ3) is 4.56. The first-order valence-corrected chi connectivity index (χ1v) is 16.9. The molecule has 10 nitrogen and oxygen atoms in total. The summed E-state index contributed by atoms with van der Waals surface area (Å²) in [5.74, 6) is 1.87. The Labute approximate surface area is 255 Å². The van der Waals surface area contributed by atoms with Gasteiger partial charge in [-0.2, -0.15) is 0 Å². The molecule has 18 unspecified atom stereocenters. The highest BCUT2D eigenvalue weighted by Gasteiger charge is 2.70. The molecule has 7 rings (SSSR count). The number of rotatable bonds is 3. The van der Waals surface area contributed by atoms with Crippen LogP contribution in [0.5, 0.6) is 0 Å². The fourth-order valence-electron chi connectivity index (χ4n) is 11.8. The van der Waals surface area contributed by atoms with Crippen LogP contribution in [0.3, 0.4) is 0 Å². The number of hydrogen-bond donors (Lipinski definition) is 6. The summed E-state index contributed by atoms with van der Waals surface area (Å²) in [5, 5.41) is 62.8. The van der Waals surface area contributed by atoms with Crippen LogP contribution in [0.25, 0.3) is 0 Å². The number of hydrogen-bond acceptors (Lipinski definition) is 10. The van der Waals surface area contributed by atoms with E-state index >= 15 is 0 Å². The van der Waals surface area contributed by atoms with E-state index < -0.39 is 54.8 Å². The molecule has 7 fully saturated rings. The summed E-state index contributed by atoms with van der Waals surface area (Å²) < 4.78 is 25.0. The van der Waals surface area contributed by atoms with Gasteiger partial charge in [-0.05, 0) is 92.3 Å².